The smallest absolute Gasteiger partial charge is 0.277 e. The van der Waals surface area contributed by atoms with Gasteiger partial charge in [-0.3, -0.25) is 52.5 Å². The number of carbonyl (C=O) groups excluding carboxylic acids is 4. The maximum atomic E-state index is 13.5. The molecule has 0 bridgehead atoms. The normalized spacial score (nSPS) is 14.4. The van der Waals surface area contributed by atoms with E-state index >= 15 is 0 Å². The van der Waals surface area contributed by atoms with Gasteiger partial charge in [0.2, 0.25) is 0 Å². The second-order valence-electron chi connectivity index (χ2n) is 33.2. The van der Waals surface area contributed by atoms with E-state index in [4.69, 9.17) is 0 Å². The number of nitrogens with zero attached hydrogens (tertiary/aromatic N) is 12. The zero-order chi connectivity index (χ0) is 96.8. The summed E-state index contributed by atoms with van der Waals surface area (Å²) in [6.45, 7) is 9.17. The minimum atomic E-state index is -4.01. The van der Waals surface area contributed by atoms with Crippen LogP contribution in [0.15, 0.2) is 316 Å². The Morgan fingerprint density at radius 2 is 0.526 bits per heavy atom. The fourth-order valence-electron chi connectivity index (χ4n) is 17.5. The Hall–Kier alpha value is -14.5. The molecule has 15 aromatic rings. The molecule has 4 fully saturated rings. The first-order chi connectivity index (χ1) is 65.8. The summed E-state index contributed by atoms with van der Waals surface area (Å²) >= 11 is 2.82. The van der Waals surface area contributed by atoms with Crippen LogP contribution >= 0.6 is 22.7 Å². The lowest BCUT2D eigenvalue weighted by molar-refractivity contribution is 0.0739. The Balaban J connectivity index is 0.000000133. The van der Waals surface area contributed by atoms with Crippen molar-refractivity contribution in [2.24, 2.45) is 28.2 Å². The van der Waals surface area contributed by atoms with E-state index < -0.39 is 62.1 Å². The zero-order valence-electron chi connectivity index (χ0n) is 75.7. The number of aryl methyl sites for hydroxylation is 5. The van der Waals surface area contributed by atoms with Gasteiger partial charge in [0.05, 0.1) is 69.3 Å². The first-order valence-electron chi connectivity index (χ1n) is 44.0. The number of hydrogen-bond acceptors (Lipinski definition) is 22. The topological polar surface area (TPSA) is 355 Å². The molecular formula is C100H99N15O16S6. The lowest BCUT2D eigenvalue weighted by Gasteiger charge is -2.37. The molecule has 3 N–H and O–H groups in total. The standard InChI is InChI=1S/C27H26N4O4S.C26H26N4O4S2.C25H24N4O4S2.C22H23N3O4S/c1-29-23-15-9-8-14-22(23)25(24(27(29)33)28-36(34,35)21-12-6-3-7-13-21)30-16-18-31(19-17-30)26(32)20-10-4-2-5-11-20;1-18-9-11-19(12-10-18)36(33,34)27-23-24(20-6-3-4-7-21(20)28(2)26(23)32)29-13-15-30(16-14-29)25(31)22-8-5-17-35-22;1-27-20-11-6-5-10-19(20)23(22(25(27)31)26-35(32,33)18-8-3-2-4-9-18)28-13-15-29(16-14-28)24(30)21-12-7-17-34-21;1-23-18-11-7-6-10-17(18)19(20(22(23)27)30(2,28)29)24-12-14-25(15-13-24)21(26)16-8-4-3-5-9-16/h2-15,28H,16-19H2,1H3;3-12,17,27H,13-16H2,1-2H3;2-12,17,26H,13-16H2,1H3;3-11H,12-15H2,1-2H3. The van der Waals surface area contributed by atoms with Crippen LogP contribution in [0.3, 0.4) is 0 Å². The highest BCUT2D eigenvalue weighted by molar-refractivity contribution is 7.93. The van der Waals surface area contributed by atoms with Crippen molar-refractivity contribution in [1.82, 2.24) is 37.9 Å². The van der Waals surface area contributed by atoms with E-state index in [1.807, 2.05) is 195 Å². The molecule has 6 aromatic heterocycles. The molecule has 4 saturated heterocycles. The van der Waals surface area contributed by atoms with Gasteiger partial charge in [0.25, 0.3) is 75.9 Å². The number of piperazine rings is 4. The molecule has 4 amide bonds. The summed E-state index contributed by atoms with van der Waals surface area (Å²) in [4.78, 5) is 121. The van der Waals surface area contributed by atoms with Crippen molar-refractivity contribution in [1.29, 1.82) is 0 Å². The number of amides is 4. The average Bonchev–Trinajstić information content (AvgIpc) is 0.951. The number of nitrogens with one attached hydrogen (secondary N) is 3. The Morgan fingerprint density at radius 3 is 0.810 bits per heavy atom. The number of fused-ring (bicyclic) bond motifs is 4. The van der Waals surface area contributed by atoms with Gasteiger partial charge >= 0.3 is 0 Å². The molecule has 0 saturated carbocycles. The number of hydrogen-bond donors (Lipinski definition) is 3. The molecule has 137 heavy (non-hydrogen) atoms. The van der Waals surface area contributed by atoms with Crippen molar-refractivity contribution in [3.05, 3.63) is 346 Å². The molecule has 0 spiro atoms. The fraction of sp³-hybridized carbons (Fsp3) is 0.220. The van der Waals surface area contributed by atoms with Crippen molar-refractivity contribution >= 4 is 170 Å². The minimum Gasteiger partial charge on any atom is -0.366 e. The summed E-state index contributed by atoms with van der Waals surface area (Å²) in [5, 5.41) is 6.75. The Bertz CT molecular complexity index is 7820. The van der Waals surface area contributed by atoms with Gasteiger partial charge in [-0.2, -0.15) is 0 Å². The van der Waals surface area contributed by atoms with Gasteiger partial charge in [0.1, 0.15) is 17.1 Å². The molecule has 0 unspecified atom stereocenters. The van der Waals surface area contributed by atoms with Crippen molar-refractivity contribution in [3.63, 3.8) is 0 Å². The molecule has 4 aliphatic heterocycles. The number of pyridine rings is 4. The highest BCUT2D eigenvalue weighted by atomic mass is 32.2. The SMILES string of the molecule is Cc1ccc(S(=O)(=O)Nc2c(N3CCN(C(=O)c4cccs4)CC3)c3ccccc3n(C)c2=O)cc1.Cn1c(=O)c(NS(=O)(=O)c2ccccc2)c(N2CCN(C(=O)c3ccccc3)CC2)c2ccccc21.Cn1c(=O)c(NS(=O)(=O)c2ccccc2)c(N2CCN(C(=O)c3cccs3)CC2)c2ccccc21.Cn1c(=O)c(S(C)(=O)=O)c(N2CCN(C(=O)c3ccccc3)CC2)c2ccccc21. The van der Waals surface area contributed by atoms with Crippen LogP contribution in [0.1, 0.15) is 45.6 Å². The third-order valence-corrected chi connectivity index (χ3v) is 31.5. The fourth-order valence-corrected chi connectivity index (χ4v) is 23.1. The van der Waals surface area contributed by atoms with Crippen LogP contribution in [-0.4, -0.2) is 206 Å². The summed E-state index contributed by atoms with van der Waals surface area (Å²) in [7, 11) is -9.27. The zero-order valence-corrected chi connectivity index (χ0v) is 80.6. The largest absolute Gasteiger partial charge is 0.366 e. The van der Waals surface area contributed by atoms with Gasteiger partial charge in [-0.15, -0.1) is 22.7 Å². The van der Waals surface area contributed by atoms with Gasteiger partial charge in [0, 0.05) is 172 Å². The molecule has 19 rings (SSSR count). The molecule has 0 aliphatic carbocycles. The lowest BCUT2D eigenvalue weighted by Crippen LogP contribution is -2.49. The van der Waals surface area contributed by atoms with E-state index in [0.29, 0.717) is 176 Å². The van der Waals surface area contributed by atoms with E-state index in [2.05, 4.69) is 14.2 Å². The number of rotatable bonds is 18. The second kappa shape index (κ2) is 40.6. The number of benzene rings is 9. The first-order valence-corrected chi connectivity index (χ1v) is 52.1. The van der Waals surface area contributed by atoms with E-state index in [-0.39, 0.29) is 60.3 Å². The van der Waals surface area contributed by atoms with Crippen LogP contribution in [-0.2, 0) is 68.1 Å². The summed E-state index contributed by atoms with van der Waals surface area (Å²) in [6, 6.07) is 77.6. The highest BCUT2D eigenvalue weighted by Gasteiger charge is 2.36. The van der Waals surface area contributed by atoms with Gasteiger partial charge < -0.3 is 57.5 Å². The van der Waals surface area contributed by atoms with Crippen LogP contribution in [0.25, 0.3) is 43.6 Å². The Kier molecular flexibility index (Phi) is 28.3. The molecule has 0 atom stereocenters. The molecule has 37 heteroatoms. The van der Waals surface area contributed by atoms with Crippen LogP contribution in [0.2, 0.25) is 0 Å². The number of carbonyl (C=O) groups is 4. The summed E-state index contributed by atoms with van der Waals surface area (Å²) < 4.78 is 118. The number of sulfone groups is 1. The quantitative estimate of drug-likeness (QED) is 0.0718. The number of sulfonamides is 3. The second-order valence-corrected chi connectivity index (χ2v) is 42.1. The summed E-state index contributed by atoms with van der Waals surface area (Å²) in [5.74, 6) is -0.126. The predicted molar refractivity (Wildman–Crippen MR) is 540 cm³/mol. The third-order valence-electron chi connectivity index (χ3n) is 24.6. The molecule has 0 radical (unpaired) electrons. The maximum Gasteiger partial charge on any atom is 0.277 e. The maximum absolute atomic E-state index is 13.5. The van der Waals surface area contributed by atoms with Gasteiger partial charge in [-0.05, 0) is 115 Å². The molecule has 31 nitrogen and oxygen atoms in total. The minimum absolute atomic E-state index is 0.00267. The van der Waals surface area contributed by atoms with Crippen LogP contribution in [0.4, 0.5) is 39.8 Å². The highest BCUT2D eigenvalue weighted by Crippen LogP contribution is 2.40. The third kappa shape index (κ3) is 20.3. The van der Waals surface area contributed by atoms with Gasteiger partial charge in [-0.25, -0.2) is 33.7 Å². The van der Waals surface area contributed by atoms with E-state index in [0.717, 1.165) is 28.0 Å². The van der Waals surface area contributed by atoms with Crippen LogP contribution < -0.4 is 56.0 Å². The molecule has 706 valence electrons. The monoisotopic (exact) mass is 1960 g/mol. The lowest BCUT2D eigenvalue weighted by atomic mass is 10.1. The number of anilines is 7. The van der Waals surface area contributed by atoms with Crippen LogP contribution in [0, 0.1) is 6.92 Å². The van der Waals surface area contributed by atoms with Crippen molar-refractivity contribution in [2.45, 2.75) is 26.5 Å². The van der Waals surface area contributed by atoms with E-state index in [9.17, 15) is 72.0 Å². The summed E-state index contributed by atoms with van der Waals surface area (Å²) in [5.41, 5.74) is 5.17. The van der Waals surface area contributed by atoms with Gasteiger partial charge in [-0.1, -0.05) is 175 Å². The first kappa shape index (κ1) is 95.6. The van der Waals surface area contributed by atoms with Crippen LogP contribution in [0.5, 0.6) is 0 Å². The number of para-hydroxylation sites is 4. The van der Waals surface area contributed by atoms with E-state index in [1.54, 1.807) is 121 Å². The molecule has 9 aromatic carbocycles. The Morgan fingerprint density at radius 1 is 0.277 bits per heavy atom. The molecular weight excluding hydrogens is 1860 g/mol. The van der Waals surface area contributed by atoms with Crippen molar-refractivity contribution in [2.75, 3.05) is 145 Å². The average molecular weight is 1960 g/mol. The van der Waals surface area contributed by atoms with Crippen molar-refractivity contribution < 1.29 is 52.8 Å². The molecule has 4 aliphatic rings. The predicted octanol–water partition coefficient (Wildman–Crippen LogP) is 12.2. The van der Waals surface area contributed by atoms with E-state index in [1.165, 1.54) is 77.3 Å². The number of thiophene rings is 2. The Labute approximate surface area is 799 Å². The number of aromatic nitrogens is 4. The van der Waals surface area contributed by atoms with Crippen molar-refractivity contribution in [3.8, 4) is 0 Å². The van der Waals surface area contributed by atoms with Gasteiger partial charge in [0.15, 0.2) is 14.7 Å². The molecule has 10 heterocycles. The summed E-state index contributed by atoms with van der Waals surface area (Å²) in [6.07, 6.45) is 1.07.